The van der Waals surface area contributed by atoms with E-state index in [4.69, 9.17) is 9.47 Å². The maximum Gasteiger partial charge on any atom is 0.433 e. The first kappa shape index (κ1) is 19.4. The van der Waals surface area contributed by atoms with Crippen molar-refractivity contribution in [3.63, 3.8) is 0 Å². The number of alkyl halides is 3. The fourth-order valence-corrected chi connectivity index (χ4v) is 3.83. The zero-order chi connectivity index (χ0) is 19.4. The van der Waals surface area contributed by atoms with Gasteiger partial charge in [0.05, 0.1) is 19.9 Å². The summed E-state index contributed by atoms with van der Waals surface area (Å²) < 4.78 is 48.6. The van der Waals surface area contributed by atoms with Crippen LogP contribution in [-0.2, 0) is 11.9 Å². The summed E-state index contributed by atoms with van der Waals surface area (Å²) in [7, 11) is 3.12. The molecule has 1 aromatic carbocycles. The van der Waals surface area contributed by atoms with Crippen LogP contribution in [0.5, 0.6) is 11.5 Å². The second-order valence-corrected chi connectivity index (χ2v) is 7.03. The summed E-state index contributed by atoms with van der Waals surface area (Å²) in [5.74, 6) is 1.58. The van der Waals surface area contributed by atoms with Crippen LogP contribution in [0.2, 0.25) is 0 Å². The highest BCUT2D eigenvalue weighted by Gasteiger charge is 2.32. The summed E-state index contributed by atoms with van der Waals surface area (Å²) in [5, 5.41) is 2.69. The average molecular weight is 413 g/mol. The molecule has 10 heteroatoms. The lowest BCUT2D eigenvalue weighted by Crippen LogP contribution is -2.08. The van der Waals surface area contributed by atoms with E-state index in [-0.39, 0.29) is 5.16 Å². The van der Waals surface area contributed by atoms with Crippen molar-refractivity contribution in [1.82, 2.24) is 15.0 Å². The number of rotatable bonds is 6. The fourth-order valence-electron chi connectivity index (χ4n) is 2.18. The van der Waals surface area contributed by atoms with Crippen molar-refractivity contribution >= 4 is 23.1 Å². The van der Waals surface area contributed by atoms with Gasteiger partial charge in [0.1, 0.15) is 10.7 Å². The standard InChI is InChI=1S/C17H14F3N3O2S2/c1-24-12-4-3-10(7-13(12)25-2)15-22-11(8-26-15)9-27-16-21-6-5-14(23-16)17(18,19)20/h3-8H,9H2,1-2H3. The SMILES string of the molecule is COc1ccc(-c2nc(CSc3nccc(C(F)(F)F)n3)cs2)cc1OC. The molecule has 2 heterocycles. The van der Waals surface area contributed by atoms with E-state index in [1.165, 1.54) is 11.3 Å². The third-order valence-electron chi connectivity index (χ3n) is 3.46. The molecule has 0 aliphatic carbocycles. The van der Waals surface area contributed by atoms with Crippen molar-refractivity contribution in [3.8, 4) is 22.1 Å². The van der Waals surface area contributed by atoms with Gasteiger partial charge in [-0.1, -0.05) is 11.8 Å². The molecule has 0 amide bonds. The molecule has 0 atom stereocenters. The van der Waals surface area contributed by atoms with Crippen LogP contribution in [0, 0.1) is 0 Å². The minimum atomic E-state index is -4.49. The predicted molar refractivity (Wildman–Crippen MR) is 97.2 cm³/mol. The van der Waals surface area contributed by atoms with Gasteiger partial charge < -0.3 is 9.47 Å². The number of aromatic nitrogens is 3. The lowest BCUT2D eigenvalue weighted by molar-refractivity contribution is -0.141. The summed E-state index contributed by atoms with van der Waals surface area (Å²) in [4.78, 5) is 11.9. The zero-order valence-corrected chi connectivity index (χ0v) is 15.9. The molecule has 0 saturated heterocycles. The van der Waals surface area contributed by atoms with E-state index in [2.05, 4.69) is 15.0 Å². The largest absolute Gasteiger partial charge is 0.493 e. The molecule has 27 heavy (non-hydrogen) atoms. The summed E-state index contributed by atoms with van der Waals surface area (Å²) in [6.45, 7) is 0. The van der Waals surface area contributed by atoms with Crippen molar-refractivity contribution in [2.75, 3.05) is 14.2 Å². The lowest BCUT2D eigenvalue weighted by Gasteiger charge is -2.08. The molecule has 0 N–H and O–H groups in total. The molecule has 2 aromatic heterocycles. The number of thiazole rings is 1. The minimum absolute atomic E-state index is 0.0606. The molecule has 0 aliphatic rings. The first-order valence-electron chi connectivity index (χ1n) is 7.60. The van der Waals surface area contributed by atoms with Gasteiger partial charge in [-0.3, -0.25) is 0 Å². The highest BCUT2D eigenvalue weighted by molar-refractivity contribution is 7.98. The maximum atomic E-state index is 12.7. The van der Waals surface area contributed by atoms with Gasteiger partial charge in [-0.2, -0.15) is 13.2 Å². The Bertz CT molecular complexity index is 932. The molecular weight excluding hydrogens is 399 g/mol. The Labute approximate surface area is 161 Å². The molecule has 0 radical (unpaired) electrons. The quantitative estimate of drug-likeness (QED) is 0.422. The Morgan fingerprint density at radius 1 is 1.07 bits per heavy atom. The predicted octanol–water partition coefficient (Wildman–Crippen LogP) is 4.93. The normalized spacial score (nSPS) is 11.4. The number of halogens is 3. The van der Waals surface area contributed by atoms with Crippen molar-refractivity contribution in [1.29, 1.82) is 0 Å². The van der Waals surface area contributed by atoms with Crippen molar-refractivity contribution in [2.24, 2.45) is 0 Å². The van der Waals surface area contributed by atoms with Crippen LogP contribution in [0.3, 0.4) is 0 Å². The Kier molecular flexibility index (Phi) is 5.85. The Balaban J connectivity index is 1.72. The Hall–Kier alpha value is -2.33. The van der Waals surface area contributed by atoms with E-state index < -0.39 is 11.9 Å². The molecule has 0 aliphatic heterocycles. The fraction of sp³-hybridized carbons (Fsp3) is 0.235. The van der Waals surface area contributed by atoms with E-state index in [0.29, 0.717) is 17.3 Å². The topological polar surface area (TPSA) is 57.1 Å². The van der Waals surface area contributed by atoms with Gasteiger partial charge in [0.2, 0.25) is 0 Å². The van der Waals surface area contributed by atoms with E-state index in [1.54, 1.807) is 20.3 Å². The van der Waals surface area contributed by atoms with E-state index >= 15 is 0 Å². The van der Waals surface area contributed by atoms with Crippen LogP contribution < -0.4 is 9.47 Å². The van der Waals surface area contributed by atoms with Crippen molar-refractivity contribution < 1.29 is 22.6 Å². The number of nitrogens with zero attached hydrogens (tertiary/aromatic N) is 3. The first-order valence-corrected chi connectivity index (χ1v) is 9.47. The number of thioether (sulfide) groups is 1. The third kappa shape index (κ3) is 4.69. The molecule has 142 valence electrons. The van der Waals surface area contributed by atoms with Crippen LogP contribution in [0.15, 0.2) is 41.0 Å². The Morgan fingerprint density at radius 3 is 2.56 bits per heavy atom. The highest BCUT2D eigenvalue weighted by atomic mass is 32.2. The minimum Gasteiger partial charge on any atom is -0.493 e. The molecule has 5 nitrogen and oxygen atoms in total. The van der Waals surface area contributed by atoms with E-state index in [0.717, 1.165) is 40.3 Å². The van der Waals surface area contributed by atoms with Gasteiger partial charge in [-0.25, -0.2) is 15.0 Å². The number of benzene rings is 1. The van der Waals surface area contributed by atoms with Crippen LogP contribution >= 0.6 is 23.1 Å². The average Bonchev–Trinajstić information content (AvgIpc) is 3.14. The monoisotopic (exact) mass is 413 g/mol. The molecule has 3 aromatic rings. The van der Waals surface area contributed by atoms with Gasteiger partial charge in [0.25, 0.3) is 0 Å². The number of hydrogen-bond acceptors (Lipinski definition) is 7. The second kappa shape index (κ2) is 8.13. The van der Waals surface area contributed by atoms with Crippen LogP contribution in [0.25, 0.3) is 10.6 Å². The highest BCUT2D eigenvalue weighted by Crippen LogP contribution is 2.34. The van der Waals surface area contributed by atoms with Crippen molar-refractivity contribution in [3.05, 3.63) is 47.2 Å². The second-order valence-electron chi connectivity index (χ2n) is 5.22. The van der Waals surface area contributed by atoms with E-state index in [9.17, 15) is 13.2 Å². The van der Waals surface area contributed by atoms with Crippen LogP contribution in [0.4, 0.5) is 13.2 Å². The summed E-state index contributed by atoms with van der Waals surface area (Å²) >= 11 is 2.54. The number of ether oxygens (including phenoxy) is 2. The lowest BCUT2D eigenvalue weighted by atomic mass is 10.2. The number of hydrogen-bond donors (Lipinski definition) is 0. The molecule has 0 bridgehead atoms. The van der Waals surface area contributed by atoms with Crippen molar-refractivity contribution in [2.45, 2.75) is 17.1 Å². The molecular formula is C17H14F3N3O2S2. The first-order chi connectivity index (χ1) is 12.9. The van der Waals surface area contributed by atoms with Gasteiger partial charge in [0.15, 0.2) is 16.7 Å². The Morgan fingerprint density at radius 2 is 1.85 bits per heavy atom. The van der Waals surface area contributed by atoms with Crippen LogP contribution in [-0.4, -0.2) is 29.2 Å². The summed E-state index contributed by atoms with van der Waals surface area (Å²) in [6.07, 6.45) is -3.38. The van der Waals surface area contributed by atoms with Gasteiger partial charge >= 0.3 is 6.18 Å². The molecule has 3 rings (SSSR count). The van der Waals surface area contributed by atoms with Gasteiger partial charge in [-0.05, 0) is 24.3 Å². The molecule has 0 fully saturated rings. The number of methoxy groups -OCH3 is 2. The van der Waals surface area contributed by atoms with E-state index in [1.807, 2.05) is 17.5 Å². The molecule has 0 unspecified atom stereocenters. The van der Waals surface area contributed by atoms with Gasteiger partial charge in [0, 0.05) is 22.9 Å². The zero-order valence-electron chi connectivity index (χ0n) is 14.3. The molecule has 0 saturated carbocycles. The smallest absolute Gasteiger partial charge is 0.433 e. The summed E-state index contributed by atoms with van der Waals surface area (Å²) in [5.41, 5.74) is 0.643. The third-order valence-corrected chi connectivity index (χ3v) is 5.29. The van der Waals surface area contributed by atoms with Gasteiger partial charge in [-0.15, -0.1) is 11.3 Å². The maximum absolute atomic E-state index is 12.7. The van der Waals surface area contributed by atoms with Crippen LogP contribution in [0.1, 0.15) is 11.4 Å². The summed E-state index contributed by atoms with van der Waals surface area (Å²) in [6, 6.07) is 6.33. The molecule has 0 spiro atoms.